The summed E-state index contributed by atoms with van der Waals surface area (Å²) >= 11 is 0. The molecule has 0 amide bonds. The first-order chi connectivity index (χ1) is 14.3. The third-order valence-electron chi connectivity index (χ3n) is 6.77. The minimum atomic E-state index is -0.477. The first kappa shape index (κ1) is 20.2. The molecule has 0 unspecified atom stereocenters. The Morgan fingerprint density at radius 2 is 1.52 bits per heavy atom. The Kier molecular flexibility index (Phi) is 6.34. The Labute approximate surface area is 175 Å². The molecule has 3 nitrogen and oxygen atoms in total. The summed E-state index contributed by atoms with van der Waals surface area (Å²) in [5.41, 5.74) is 4.82. The molecule has 1 heterocycles. The molecule has 154 valence electrons. The quantitative estimate of drug-likeness (QED) is 0.533. The third-order valence-corrected chi connectivity index (χ3v) is 6.77. The van der Waals surface area contributed by atoms with Crippen LogP contribution in [0.2, 0.25) is 0 Å². The molecule has 4 rings (SSSR count). The number of benzene rings is 2. The van der Waals surface area contributed by atoms with Gasteiger partial charge in [0.05, 0.1) is 12.0 Å². The van der Waals surface area contributed by atoms with Crippen molar-refractivity contribution in [1.82, 2.24) is 4.90 Å². The summed E-state index contributed by atoms with van der Waals surface area (Å²) in [4.78, 5) is 2.61. The van der Waals surface area contributed by atoms with Crippen LogP contribution in [-0.4, -0.2) is 37.0 Å². The first-order valence-electron chi connectivity index (χ1n) is 11.4. The zero-order valence-corrected chi connectivity index (χ0v) is 17.8. The fourth-order valence-electron chi connectivity index (χ4n) is 5.37. The smallest absolute Gasteiger partial charge is 0.195 e. The molecule has 0 bridgehead atoms. The zero-order valence-electron chi connectivity index (χ0n) is 17.8. The number of piperidine rings is 1. The molecule has 1 aliphatic carbocycles. The van der Waals surface area contributed by atoms with Gasteiger partial charge in [-0.3, -0.25) is 5.41 Å². The van der Waals surface area contributed by atoms with Crippen molar-refractivity contribution in [2.24, 2.45) is 0 Å². The van der Waals surface area contributed by atoms with Crippen molar-refractivity contribution in [3.63, 3.8) is 0 Å². The van der Waals surface area contributed by atoms with E-state index in [0.717, 1.165) is 32.2 Å². The summed E-state index contributed by atoms with van der Waals surface area (Å²) in [6.45, 7) is 6.10. The molecule has 29 heavy (non-hydrogen) atoms. The topological polar surface area (TPSA) is 36.3 Å². The molecule has 1 N–H and O–H groups in total. The molecule has 1 saturated heterocycles. The van der Waals surface area contributed by atoms with E-state index in [1.54, 1.807) is 0 Å². The fraction of sp³-hybridized carbons (Fsp3) is 0.500. The second-order valence-electron chi connectivity index (χ2n) is 8.49. The van der Waals surface area contributed by atoms with Gasteiger partial charge in [0.2, 0.25) is 0 Å². The van der Waals surface area contributed by atoms with Crippen LogP contribution in [0.15, 0.2) is 48.5 Å². The highest BCUT2D eigenvalue weighted by Crippen LogP contribution is 2.44. The summed E-state index contributed by atoms with van der Waals surface area (Å²) in [6, 6.07) is 17.5. The van der Waals surface area contributed by atoms with Gasteiger partial charge < -0.3 is 9.64 Å². The maximum atomic E-state index is 9.08. The number of rotatable bonds is 6. The largest absolute Gasteiger partial charge is 0.481 e. The fourth-order valence-corrected chi connectivity index (χ4v) is 5.37. The summed E-state index contributed by atoms with van der Waals surface area (Å²) in [7, 11) is 0. The van der Waals surface area contributed by atoms with Crippen molar-refractivity contribution >= 4 is 5.90 Å². The van der Waals surface area contributed by atoms with Gasteiger partial charge in [-0.2, -0.15) is 0 Å². The maximum Gasteiger partial charge on any atom is 0.195 e. The van der Waals surface area contributed by atoms with Crippen LogP contribution in [0, 0.1) is 5.41 Å². The standard InChI is InChI=1S/C26H34N2O/c1-2-29-25(27)26(17-10-20-28-18-8-3-9-19-28)23-13-6-4-11-21(23)15-16-22-12-5-7-14-24(22)26/h4-7,11-14,27H,2-3,8-10,15-20H2,1H3. The van der Waals surface area contributed by atoms with E-state index in [1.807, 2.05) is 6.92 Å². The lowest BCUT2D eigenvalue weighted by molar-refractivity contribution is 0.218. The summed E-state index contributed by atoms with van der Waals surface area (Å²) in [5.74, 6) is 0.417. The van der Waals surface area contributed by atoms with Crippen LogP contribution in [-0.2, 0) is 23.0 Å². The number of hydrogen-bond acceptors (Lipinski definition) is 3. The van der Waals surface area contributed by atoms with Gasteiger partial charge in [-0.25, -0.2) is 0 Å². The number of likely N-dealkylation sites (tertiary alicyclic amines) is 1. The average Bonchev–Trinajstić information content (AvgIpc) is 2.91. The van der Waals surface area contributed by atoms with Crippen LogP contribution in [0.5, 0.6) is 0 Å². The molecule has 0 radical (unpaired) electrons. The molecule has 0 saturated carbocycles. The van der Waals surface area contributed by atoms with E-state index in [0.29, 0.717) is 12.5 Å². The van der Waals surface area contributed by atoms with Gasteiger partial charge in [0.1, 0.15) is 0 Å². The number of hydrogen-bond donors (Lipinski definition) is 1. The number of aryl methyl sites for hydroxylation is 2. The van der Waals surface area contributed by atoms with Gasteiger partial charge in [-0.15, -0.1) is 0 Å². The lowest BCUT2D eigenvalue weighted by Crippen LogP contribution is -2.40. The van der Waals surface area contributed by atoms with Gasteiger partial charge in [0.25, 0.3) is 0 Å². The van der Waals surface area contributed by atoms with Crippen molar-refractivity contribution in [2.75, 3.05) is 26.2 Å². The van der Waals surface area contributed by atoms with Gasteiger partial charge >= 0.3 is 0 Å². The Balaban J connectivity index is 1.75. The number of ether oxygens (including phenoxy) is 1. The highest BCUT2D eigenvalue weighted by Gasteiger charge is 2.44. The summed E-state index contributed by atoms with van der Waals surface area (Å²) in [6.07, 6.45) is 8.09. The number of nitrogens with zero attached hydrogens (tertiary/aromatic N) is 1. The van der Waals surface area contributed by atoms with E-state index in [1.165, 1.54) is 54.6 Å². The first-order valence-corrected chi connectivity index (χ1v) is 11.4. The number of fused-ring (bicyclic) bond motifs is 2. The van der Waals surface area contributed by atoms with Gasteiger partial charge in [-0.05, 0) is 87.3 Å². The highest BCUT2D eigenvalue weighted by molar-refractivity contribution is 5.91. The Bertz CT molecular complexity index is 791. The van der Waals surface area contributed by atoms with Crippen molar-refractivity contribution in [1.29, 1.82) is 5.41 Å². The molecule has 2 aliphatic rings. The second kappa shape index (κ2) is 9.13. The molecular formula is C26H34N2O. The van der Waals surface area contributed by atoms with Crippen molar-refractivity contribution in [2.45, 2.75) is 57.3 Å². The van der Waals surface area contributed by atoms with Crippen LogP contribution >= 0.6 is 0 Å². The van der Waals surface area contributed by atoms with Crippen molar-refractivity contribution < 1.29 is 4.74 Å². The maximum absolute atomic E-state index is 9.08. The monoisotopic (exact) mass is 390 g/mol. The predicted molar refractivity (Wildman–Crippen MR) is 120 cm³/mol. The van der Waals surface area contributed by atoms with Crippen molar-refractivity contribution in [3.05, 3.63) is 70.8 Å². The van der Waals surface area contributed by atoms with E-state index in [9.17, 15) is 0 Å². The molecule has 3 heteroatoms. The van der Waals surface area contributed by atoms with Crippen LogP contribution in [0.25, 0.3) is 0 Å². The molecule has 2 aromatic rings. The van der Waals surface area contributed by atoms with Gasteiger partial charge in [-0.1, -0.05) is 55.0 Å². The van der Waals surface area contributed by atoms with Crippen molar-refractivity contribution in [3.8, 4) is 0 Å². The van der Waals surface area contributed by atoms with E-state index in [2.05, 4.69) is 53.4 Å². The summed E-state index contributed by atoms with van der Waals surface area (Å²) in [5, 5.41) is 9.08. The Morgan fingerprint density at radius 3 is 2.10 bits per heavy atom. The van der Waals surface area contributed by atoms with E-state index in [4.69, 9.17) is 10.1 Å². The molecule has 1 fully saturated rings. The van der Waals surface area contributed by atoms with Crippen LogP contribution in [0.3, 0.4) is 0 Å². The zero-order chi connectivity index (χ0) is 20.1. The molecule has 0 atom stereocenters. The molecule has 1 aliphatic heterocycles. The van der Waals surface area contributed by atoms with Gasteiger partial charge in [0.15, 0.2) is 5.90 Å². The minimum Gasteiger partial charge on any atom is -0.481 e. The lowest BCUT2D eigenvalue weighted by atomic mass is 9.69. The SMILES string of the molecule is CCOC(=N)C1(CCCN2CCCCC2)c2ccccc2CCc2ccccc21. The van der Waals surface area contributed by atoms with Crippen LogP contribution < -0.4 is 0 Å². The normalized spacial score (nSPS) is 18.4. The van der Waals surface area contributed by atoms with Gasteiger partial charge in [0, 0.05) is 0 Å². The average molecular weight is 391 g/mol. The molecule has 2 aromatic carbocycles. The molecule has 0 aromatic heterocycles. The lowest BCUT2D eigenvalue weighted by Gasteiger charge is -2.37. The number of nitrogens with one attached hydrogen (secondary N) is 1. The van der Waals surface area contributed by atoms with Crippen LogP contribution in [0.1, 0.15) is 61.3 Å². The predicted octanol–water partition coefficient (Wildman–Crippen LogP) is 5.35. The minimum absolute atomic E-state index is 0.417. The van der Waals surface area contributed by atoms with Crippen LogP contribution in [0.4, 0.5) is 0 Å². The summed E-state index contributed by atoms with van der Waals surface area (Å²) < 4.78 is 5.97. The second-order valence-corrected chi connectivity index (χ2v) is 8.49. The Morgan fingerprint density at radius 1 is 0.931 bits per heavy atom. The Hall–Kier alpha value is -2.13. The highest BCUT2D eigenvalue weighted by atomic mass is 16.5. The van der Waals surface area contributed by atoms with E-state index < -0.39 is 5.41 Å². The van der Waals surface area contributed by atoms with E-state index >= 15 is 0 Å². The van der Waals surface area contributed by atoms with E-state index in [-0.39, 0.29) is 0 Å². The third kappa shape index (κ3) is 3.98. The molecule has 0 spiro atoms. The molecular weight excluding hydrogens is 356 g/mol.